The first-order valence-electron chi connectivity index (χ1n) is 9.91. The summed E-state index contributed by atoms with van der Waals surface area (Å²) < 4.78 is 51.4. The topological polar surface area (TPSA) is 124 Å². The lowest BCUT2D eigenvalue weighted by molar-refractivity contribution is -0.147. The first kappa shape index (κ1) is 24.5. The van der Waals surface area contributed by atoms with Gasteiger partial charge in [-0.15, -0.1) is 0 Å². The summed E-state index contributed by atoms with van der Waals surface area (Å²) in [6.45, 7) is 2.62. The molecular weight excluding hydrogens is 459 g/mol. The standard InChI is InChI=1S/C21H20F3N5O5/c1-4-33-17(30)10-34-16-6-5-13(8-15(16)21(22,23)24)26-20(32)27-19(31)12-7-14-11(2)28-29(3)18(14)25-9-12/h5-9H,4,10H2,1-3H3,(H2,26,27,31,32). The van der Waals surface area contributed by atoms with Crippen LogP contribution in [-0.4, -0.2) is 45.9 Å². The zero-order valence-corrected chi connectivity index (χ0v) is 18.3. The predicted octanol–water partition coefficient (Wildman–Crippen LogP) is 3.20. The zero-order chi connectivity index (χ0) is 25.0. The van der Waals surface area contributed by atoms with Crippen LogP contribution < -0.4 is 15.4 Å². The zero-order valence-electron chi connectivity index (χ0n) is 18.3. The highest BCUT2D eigenvalue weighted by Gasteiger charge is 2.35. The van der Waals surface area contributed by atoms with E-state index in [2.05, 4.69) is 20.1 Å². The molecule has 0 aliphatic carbocycles. The highest BCUT2D eigenvalue weighted by molar-refractivity contribution is 6.08. The van der Waals surface area contributed by atoms with E-state index in [1.165, 1.54) is 16.9 Å². The van der Waals surface area contributed by atoms with Crippen molar-refractivity contribution in [3.05, 3.63) is 47.3 Å². The van der Waals surface area contributed by atoms with Crippen LogP contribution in [0.15, 0.2) is 30.5 Å². The van der Waals surface area contributed by atoms with Crippen molar-refractivity contribution < 1.29 is 37.0 Å². The number of hydrogen-bond acceptors (Lipinski definition) is 7. The molecule has 1 aromatic carbocycles. The number of halogens is 3. The second-order valence-electron chi connectivity index (χ2n) is 7.01. The lowest BCUT2D eigenvalue weighted by atomic mass is 10.1. The lowest BCUT2D eigenvalue weighted by Crippen LogP contribution is -2.34. The average Bonchev–Trinajstić information content (AvgIpc) is 3.05. The number of fused-ring (bicyclic) bond motifs is 1. The molecule has 3 amide bonds. The molecule has 180 valence electrons. The molecule has 0 aliphatic rings. The Labute approximate surface area is 191 Å². The Bertz CT molecular complexity index is 1260. The summed E-state index contributed by atoms with van der Waals surface area (Å²) in [6, 6.07) is 3.15. The summed E-state index contributed by atoms with van der Waals surface area (Å²) in [4.78, 5) is 40.1. The molecule has 10 nitrogen and oxygen atoms in total. The average molecular weight is 479 g/mol. The Morgan fingerprint density at radius 2 is 1.91 bits per heavy atom. The van der Waals surface area contributed by atoms with Crippen LogP contribution in [0.3, 0.4) is 0 Å². The van der Waals surface area contributed by atoms with Gasteiger partial charge in [-0.25, -0.2) is 14.6 Å². The van der Waals surface area contributed by atoms with Gasteiger partial charge in [-0.3, -0.25) is 14.8 Å². The third kappa shape index (κ3) is 5.60. The van der Waals surface area contributed by atoms with Crippen molar-refractivity contribution in [3.8, 4) is 5.75 Å². The number of carbonyl (C=O) groups excluding carboxylic acids is 3. The molecule has 2 heterocycles. The Morgan fingerprint density at radius 1 is 1.18 bits per heavy atom. The Kier molecular flexibility index (Phi) is 7.03. The minimum Gasteiger partial charge on any atom is -0.481 e. The summed E-state index contributed by atoms with van der Waals surface area (Å²) in [5.74, 6) is -2.25. The molecule has 0 bridgehead atoms. The van der Waals surface area contributed by atoms with E-state index >= 15 is 0 Å². The molecule has 2 N–H and O–H groups in total. The molecule has 13 heteroatoms. The van der Waals surface area contributed by atoms with Crippen molar-refractivity contribution in [1.29, 1.82) is 0 Å². The number of nitrogens with zero attached hydrogens (tertiary/aromatic N) is 3. The number of hydrogen-bond donors (Lipinski definition) is 2. The smallest absolute Gasteiger partial charge is 0.420 e. The van der Waals surface area contributed by atoms with E-state index < -0.39 is 42.0 Å². The van der Waals surface area contributed by atoms with Gasteiger partial charge in [0.2, 0.25) is 0 Å². The van der Waals surface area contributed by atoms with Crippen molar-refractivity contribution in [2.45, 2.75) is 20.0 Å². The van der Waals surface area contributed by atoms with Gasteiger partial charge >= 0.3 is 18.2 Å². The Hall–Kier alpha value is -4.16. The molecule has 34 heavy (non-hydrogen) atoms. The second-order valence-corrected chi connectivity index (χ2v) is 7.01. The number of rotatable bonds is 6. The Morgan fingerprint density at radius 3 is 2.59 bits per heavy atom. The lowest BCUT2D eigenvalue weighted by Gasteiger charge is -2.15. The number of ether oxygens (including phenoxy) is 2. The van der Waals surface area contributed by atoms with Gasteiger partial charge in [-0.2, -0.15) is 18.3 Å². The SMILES string of the molecule is CCOC(=O)COc1ccc(NC(=O)NC(=O)c2cnc3c(c2)c(C)nn3C)cc1C(F)(F)F. The molecule has 0 spiro atoms. The van der Waals surface area contributed by atoms with Crippen LogP contribution in [0.25, 0.3) is 11.0 Å². The van der Waals surface area contributed by atoms with Gasteiger partial charge in [0.25, 0.3) is 5.91 Å². The van der Waals surface area contributed by atoms with Crippen LogP contribution in [0, 0.1) is 6.92 Å². The second kappa shape index (κ2) is 9.77. The summed E-state index contributed by atoms with van der Waals surface area (Å²) in [6.07, 6.45) is -3.58. The van der Waals surface area contributed by atoms with Gasteiger partial charge < -0.3 is 14.8 Å². The number of imide groups is 1. The van der Waals surface area contributed by atoms with Gasteiger partial charge in [-0.05, 0) is 38.1 Å². The van der Waals surface area contributed by atoms with Crippen LogP contribution in [0.4, 0.5) is 23.7 Å². The molecule has 3 aromatic rings. The molecule has 0 fully saturated rings. The maximum atomic E-state index is 13.4. The van der Waals surface area contributed by atoms with Gasteiger partial charge in [0.05, 0.1) is 23.4 Å². The van der Waals surface area contributed by atoms with E-state index in [0.717, 1.165) is 12.1 Å². The fraction of sp³-hybridized carbons (Fsp3) is 0.286. The first-order chi connectivity index (χ1) is 16.0. The number of esters is 1. The summed E-state index contributed by atoms with van der Waals surface area (Å²) in [7, 11) is 1.69. The van der Waals surface area contributed by atoms with Crippen molar-refractivity contribution in [2.24, 2.45) is 7.05 Å². The number of anilines is 1. The number of amides is 3. The fourth-order valence-corrected chi connectivity index (χ4v) is 3.06. The fourth-order valence-electron chi connectivity index (χ4n) is 3.06. The summed E-state index contributed by atoms with van der Waals surface area (Å²) >= 11 is 0. The van der Waals surface area contributed by atoms with Gasteiger partial charge in [0.15, 0.2) is 12.3 Å². The molecule has 0 saturated carbocycles. The highest BCUT2D eigenvalue weighted by atomic mass is 19.4. The number of urea groups is 1. The molecule has 0 saturated heterocycles. The van der Waals surface area contributed by atoms with E-state index in [0.29, 0.717) is 22.8 Å². The minimum absolute atomic E-state index is 0.0524. The summed E-state index contributed by atoms with van der Waals surface area (Å²) in [5.41, 5.74) is -0.227. The van der Waals surface area contributed by atoms with E-state index in [1.807, 2.05) is 5.32 Å². The van der Waals surface area contributed by atoms with Crippen LogP contribution in [0.2, 0.25) is 0 Å². The first-order valence-corrected chi connectivity index (χ1v) is 9.91. The summed E-state index contributed by atoms with van der Waals surface area (Å²) in [5, 5.41) is 9.00. The van der Waals surface area contributed by atoms with Crippen LogP contribution in [0.5, 0.6) is 5.75 Å². The predicted molar refractivity (Wildman–Crippen MR) is 113 cm³/mol. The van der Waals surface area contributed by atoms with E-state index in [1.54, 1.807) is 20.9 Å². The minimum atomic E-state index is -4.84. The molecule has 0 aliphatic heterocycles. The quantitative estimate of drug-likeness (QED) is 0.520. The van der Waals surface area contributed by atoms with Gasteiger partial charge in [-0.1, -0.05) is 0 Å². The molecule has 0 atom stereocenters. The maximum Gasteiger partial charge on any atom is 0.420 e. The van der Waals surface area contributed by atoms with E-state index in [-0.39, 0.29) is 17.9 Å². The number of aromatic nitrogens is 3. The molecule has 3 rings (SSSR count). The molecular formula is C21H20F3N5O5. The van der Waals surface area contributed by atoms with Crippen molar-refractivity contribution in [1.82, 2.24) is 20.1 Å². The van der Waals surface area contributed by atoms with Crippen molar-refractivity contribution in [3.63, 3.8) is 0 Å². The molecule has 0 unspecified atom stereocenters. The van der Waals surface area contributed by atoms with Crippen LogP contribution in [-0.2, 0) is 22.8 Å². The van der Waals surface area contributed by atoms with Gasteiger partial charge in [0.1, 0.15) is 5.75 Å². The number of carbonyl (C=O) groups is 3. The molecule has 0 radical (unpaired) electrons. The number of nitrogens with one attached hydrogen (secondary N) is 2. The van der Waals surface area contributed by atoms with Crippen molar-refractivity contribution in [2.75, 3.05) is 18.5 Å². The van der Waals surface area contributed by atoms with E-state index in [4.69, 9.17) is 4.74 Å². The number of benzene rings is 1. The number of pyridine rings is 1. The van der Waals surface area contributed by atoms with Crippen LogP contribution >= 0.6 is 0 Å². The largest absolute Gasteiger partial charge is 0.481 e. The monoisotopic (exact) mass is 479 g/mol. The Balaban J connectivity index is 1.72. The molecule has 2 aromatic heterocycles. The maximum absolute atomic E-state index is 13.4. The third-order valence-electron chi connectivity index (χ3n) is 4.55. The normalized spacial score (nSPS) is 11.2. The van der Waals surface area contributed by atoms with Crippen molar-refractivity contribution >= 4 is 34.6 Å². The van der Waals surface area contributed by atoms with E-state index in [9.17, 15) is 27.6 Å². The van der Waals surface area contributed by atoms with Crippen LogP contribution in [0.1, 0.15) is 28.5 Å². The highest BCUT2D eigenvalue weighted by Crippen LogP contribution is 2.38. The number of alkyl halides is 3. The van der Waals surface area contributed by atoms with Gasteiger partial charge in [0, 0.05) is 24.3 Å². The third-order valence-corrected chi connectivity index (χ3v) is 4.55. The number of aryl methyl sites for hydroxylation is 2.